The molecule has 1 fully saturated rings. The average molecular weight is 280 g/mol. The molecule has 0 radical (unpaired) electrons. The Balaban J connectivity index is 1.93. The molecule has 20 heavy (non-hydrogen) atoms. The SMILES string of the molecule is CC(CN1CCN(C)CC1C)C(N)c1ccc(F)cn1. The lowest BCUT2D eigenvalue weighted by Gasteiger charge is -2.40. The molecular weight excluding hydrogens is 255 g/mol. The van der Waals surface area contributed by atoms with Gasteiger partial charge in [0.2, 0.25) is 0 Å². The first-order chi connectivity index (χ1) is 9.47. The van der Waals surface area contributed by atoms with Gasteiger partial charge in [-0.2, -0.15) is 0 Å². The minimum Gasteiger partial charge on any atom is -0.322 e. The van der Waals surface area contributed by atoms with Crippen LogP contribution >= 0.6 is 0 Å². The molecule has 1 aromatic rings. The van der Waals surface area contributed by atoms with E-state index >= 15 is 0 Å². The van der Waals surface area contributed by atoms with Gasteiger partial charge in [-0.3, -0.25) is 9.88 Å². The van der Waals surface area contributed by atoms with Crippen LogP contribution in [0.2, 0.25) is 0 Å². The normalized spacial score (nSPS) is 24.6. The molecule has 0 aliphatic carbocycles. The predicted octanol–water partition coefficient (Wildman–Crippen LogP) is 1.49. The number of piperazine rings is 1. The van der Waals surface area contributed by atoms with Crippen LogP contribution in [0.4, 0.5) is 4.39 Å². The maximum atomic E-state index is 12.9. The zero-order valence-corrected chi connectivity index (χ0v) is 12.6. The highest BCUT2D eigenvalue weighted by Gasteiger charge is 2.25. The number of pyridine rings is 1. The van der Waals surface area contributed by atoms with Crippen molar-refractivity contribution in [1.82, 2.24) is 14.8 Å². The molecule has 2 rings (SSSR count). The van der Waals surface area contributed by atoms with Crippen molar-refractivity contribution in [2.75, 3.05) is 33.2 Å². The summed E-state index contributed by atoms with van der Waals surface area (Å²) in [5.74, 6) is -0.0277. The monoisotopic (exact) mass is 280 g/mol. The van der Waals surface area contributed by atoms with Crippen molar-refractivity contribution in [2.24, 2.45) is 11.7 Å². The smallest absolute Gasteiger partial charge is 0.141 e. The maximum Gasteiger partial charge on any atom is 0.141 e. The molecule has 1 aromatic heterocycles. The zero-order valence-electron chi connectivity index (χ0n) is 12.6. The summed E-state index contributed by atoms with van der Waals surface area (Å²) >= 11 is 0. The van der Waals surface area contributed by atoms with Gasteiger partial charge in [0, 0.05) is 32.2 Å². The van der Waals surface area contributed by atoms with E-state index in [1.165, 1.54) is 12.3 Å². The second-order valence-corrected chi connectivity index (χ2v) is 6.01. The first kappa shape index (κ1) is 15.4. The van der Waals surface area contributed by atoms with Crippen molar-refractivity contribution >= 4 is 0 Å². The van der Waals surface area contributed by atoms with Gasteiger partial charge >= 0.3 is 0 Å². The molecule has 0 spiro atoms. The fourth-order valence-corrected chi connectivity index (χ4v) is 2.81. The number of nitrogens with zero attached hydrogens (tertiary/aromatic N) is 3. The van der Waals surface area contributed by atoms with Gasteiger partial charge in [-0.25, -0.2) is 4.39 Å². The van der Waals surface area contributed by atoms with Crippen LogP contribution in [0.1, 0.15) is 25.6 Å². The Bertz CT molecular complexity index is 422. The summed E-state index contributed by atoms with van der Waals surface area (Å²) in [6.07, 6.45) is 1.24. The number of rotatable bonds is 4. The van der Waals surface area contributed by atoms with E-state index in [4.69, 9.17) is 5.73 Å². The molecule has 2 N–H and O–H groups in total. The van der Waals surface area contributed by atoms with Crippen molar-refractivity contribution in [3.05, 3.63) is 29.8 Å². The Labute approximate surface area is 120 Å². The highest BCUT2D eigenvalue weighted by atomic mass is 19.1. The average Bonchev–Trinajstić information content (AvgIpc) is 2.42. The Morgan fingerprint density at radius 1 is 1.45 bits per heavy atom. The van der Waals surface area contributed by atoms with Crippen molar-refractivity contribution in [2.45, 2.75) is 25.9 Å². The molecule has 112 valence electrons. The fraction of sp³-hybridized carbons (Fsp3) is 0.667. The first-order valence-corrected chi connectivity index (χ1v) is 7.27. The van der Waals surface area contributed by atoms with Crippen LogP contribution in [-0.2, 0) is 0 Å². The van der Waals surface area contributed by atoms with E-state index in [1.807, 2.05) is 0 Å². The van der Waals surface area contributed by atoms with Crippen molar-refractivity contribution in [3.63, 3.8) is 0 Å². The largest absolute Gasteiger partial charge is 0.322 e. The number of hydrogen-bond acceptors (Lipinski definition) is 4. The third kappa shape index (κ3) is 3.75. The van der Waals surface area contributed by atoms with Crippen molar-refractivity contribution < 1.29 is 4.39 Å². The number of halogens is 1. The van der Waals surface area contributed by atoms with Crippen LogP contribution in [0.3, 0.4) is 0 Å². The molecule has 0 amide bonds. The molecule has 1 saturated heterocycles. The van der Waals surface area contributed by atoms with Crippen LogP contribution in [0.15, 0.2) is 18.3 Å². The Hall–Kier alpha value is -1.04. The van der Waals surface area contributed by atoms with Gasteiger partial charge in [-0.15, -0.1) is 0 Å². The van der Waals surface area contributed by atoms with E-state index in [1.54, 1.807) is 6.07 Å². The molecule has 4 nitrogen and oxygen atoms in total. The van der Waals surface area contributed by atoms with Crippen LogP contribution in [0, 0.1) is 11.7 Å². The van der Waals surface area contributed by atoms with E-state index < -0.39 is 0 Å². The summed E-state index contributed by atoms with van der Waals surface area (Å²) in [5.41, 5.74) is 7.02. The lowest BCUT2D eigenvalue weighted by Crippen LogP contribution is -2.52. The molecule has 1 aliphatic heterocycles. The van der Waals surface area contributed by atoms with Crippen molar-refractivity contribution in [1.29, 1.82) is 0 Å². The summed E-state index contributed by atoms with van der Waals surface area (Å²) in [5, 5.41) is 0. The molecule has 1 aliphatic rings. The summed E-state index contributed by atoms with van der Waals surface area (Å²) in [7, 11) is 2.16. The van der Waals surface area contributed by atoms with E-state index in [9.17, 15) is 4.39 Å². The lowest BCUT2D eigenvalue weighted by atomic mass is 9.97. The molecule has 3 unspecified atom stereocenters. The van der Waals surface area contributed by atoms with Gasteiger partial charge < -0.3 is 10.6 Å². The van der Waals surface area contributed by atoms with Crippen LogP contribution in [0.25, 0.3) is 0 Å². The Morgan fingerprint density at radius 2 is 2.20 bits per heavy atom. The Morgan fingerprint density at radius 3 is 2.80 bits per heavy atom. The van der Waals surface area contributed by atoms with Crippen LogP contribution in [0.5, 0.6) is 0 Å². The number of likely N-dealkylation sites (N-methyl/N-ethyl adjacent to an activating group) is 1. The van der Waals surface area contributed by atoms with Crippen LogP contribution < -0.4 is 5.73 Å². The molecule has 0 bridgehead atoms. The summed E-state index contributed by atoms with van der Waals surface area (Å²) in [6.45, 7) is 8.61. The number of nitrogens with two attached hydrogens (primary N) is 1. The second-order valence-electron chi connectivity index (χ2n) is 6.01. The number of aromatic nitrogens is 1. The lowest BCUT2D eigenvalue weighted by molar-refractivity contribution is 0.0830. The van der Waals surface area contributed by atoms with E-state index in [0.29, 0.717) is 12.0 Å². The van der Waals surface area contributed by atoms with Gasteiger partial charge in [-0.05, 0) is 32.0 Å². The predicted molar refractivity (Wildman–Crippen MR) is 78.8 cm³/mol. The van der Waals surface area contributed by atoms with E-state index in [0.717, 1.165) is 31.9 Å². The van der Waals surface area contributed by atoms with Crippen molar-refractivity contribution in [3.8, 4) is 0 Å². The zero-order chi connectivity index (χ0) is 14.7. The second kappa shape index (κ2) is 6.61. The Kier molecular flexibility index (Phi) is 5.07. The molecule has 0 saturated carbocycles. The maximum absolute atomic E-state index is 12.9. The highest BCUT2D eigenvalue weighted by Crippen LogP contribution is 2.20. The molecular formula is C15H25FN4. The standard InChI is InChI=1S/C15H25FN4/c1-11(9-20-7-6-19(3)10-12(20)2)15(17)14-5-4-13(16)8-18-14/h4-5,8,11-12,15H,6-7,9-10,17H2,1-3H3. The summed E-state index contributed by atoms with van der Waals surface area (Å²) in [6, 6.07) is 3.50. The third-order valence-electron chi connectivity index (χ3n) is 4.20. The van der Waals surface area contributed by atoms with Gasteiger partial charge in [0.25, 0.3) is 0 Å². The third-order valence-corrected chi connectivity index (χ3v) is 4.20. The van der Waals surface area contributed by atoms with E-state index in [2.05, 4.69) is 35.7 Å². The van der Waals surface area contributed by atoms with Gasteiger partial charge in [0.15, 0.2) is 0 Å². The van der Waals surface area contributed by atoms with Gasteiger partial charge in [0.05, 0.1) is 17.9 Å². The summed E-state index contributed by atoms with van der Waals surface area (Å²) in [4.78, 5) is 8.93. The first-order valence-electron chi connectivity index (χ1n) is 7.27. The minimum absolute atomic E-state index is 0.151. The molecule has 3 atom stereocenters. The van der Waals surface area contributed by atoms with Crippen LogP contribution in [-0.4, -0.2) is 54.1 Å². The fourth-order valence-electron chi connectivity index (χ4n) is 2.81. The highest BCUT2D eigenvalue weighted by molar-refractivity contribution is 5.10. The number of hydrogen-bond donors (Lipinski definition) is 1. The molecule has 2 heterocycles. The summed E-state index contributed by atoms with van der Waals surface area (Å²) < 4.78 is 12.9. The van der Waals surface area contributed by atoms with E-state index in [-0.39, 0.29) is 11.9 Å². The molecule has 5 heteroatoms. The quantitative estimate of drug-likeness (QED) is 0.908. The van der Waals surface area contributed by atoms with Gasteiger partial charge in [-0.1, -0.05) is 6.92 Å². The topological polar surface area (TPSA) is 45.4 Å². The van der Waals surface area contributed by atoms with Gasteiger partial charge in [0.1, 0.15) is 5.82 Å². The molecule has 0 aromatic carbocycles. The minimum atomic E-state index is -0.318.